The average molecular weight is 220 g/mol. The highest BCUT2D eigenvalue weighted by atomic mass is 16.7. The molecule has 16 heavy (non-hydrogen) atoms. The fraction of sp³-hybridized carbons (Fsp3) is 0.429. The van der Waals surface area contributed by atoms with E-state index in [4.69, 9.17) is 9.47 Å². The molecule has 0 amide bonds. The van der Waals surface area contributed by atoms with E-state index >= 15 is 0 Å². The van der Waals surface area contributed by atoms with Crippen molar-refractivity contribution in [3.05, 3.63) is 48.0 Å². The highest BCUT2D eigenvalue weighted by Gasteiger charge is 1.98. The molecule has 0 aliphatic rings. The van der Waals surface area contributed by atoms with E-state index in [1.165, 1.54) is 5.56 Å². The standard InChI is InChI=1S/C14H20O2/c1-3-16-14(15-2)12-8-7-11-13-9-5-4-6-10-13/h4-6,8-10,12,14H,3,7,11H2,1-2H3/b12-8+. The van der Waals surface area contributed by atoms with Crippen LogP contribution >= 0.6 is 0 Å². The van der Waals surface area contributed by atoms with E-state index in [2.05, 4.69) is 30.3 Å². The summed E-state index contributed by atoms with van der Waals surface area (Å²) in [5, 5.41) is 0. The summed E-state index contributed by atoms with van der Waals surface area (Å²) in [6.45, 7) is 2.63. The van der Waals surface area contributed by atoms with E-state index < -0.39 is 0 Å². The first kappa shape index (κ1) is 12.9. The Kier molecular flexibility index (Phi) is 6.54. The first-order chi connectivity index (χ1) is 7.86. The van der Waals surface area contributed by atoms with Gasteiger partial charge in [0.05, 0.1) is 0 Å². The molecule has 1 rings (SSSR count). The van der Waals surface area contributed by atoms with Crippen LogP contribution in [0.1, 0.15) is 18.9 Å². The summed E-state index contributed by atoms with van der Waals surface area (Å²) in [6, 6.07) is 10.5. The van der Waals surface area contributed by atoms with Gasteiger partial charge in [0.1, 0.15) is 0 Å². The average Bonchev–Trinajstić information content (AvgIpc) is 2.34. The highest BCUT2D eigenvalue weighted by Crippen LogP contribution is 2.04. The van der Waals surface area contributed by atoms with Crippen LogP contribution in [-0.4, -0.2) is 20.0 Å². The third-order valence-electron chi connectivity index (χ3n) is 2.30. The van der Waals surface area contributed by atoms with Crippen molar-refractivity contribution in [2.75, 3.05) is 13.7 Å². The van der Waals surface area contributed by atoms with E-state index in [0.29, 0.717) is 6.61 Å². The van der Waals surface area contributed by atoms with E-state index in [-0.39, 0.29) is 6.29 Å². The summed E-state index contributed by atoms with van der Waals surface area (Å²) in [6.07, 6.45) is 5.93. The first-order valence-electron chi connectivity index (χ1n) is 5.71. The molecule has 0 aliphatic carbocycles. The third-order valence-corrected chi connectivity index (χ3v) is 2.30. The molecule has 88 valence electrons. The maximum atomic E-state index is 5.33. The fourth-order valence-electron chi connectivity index (χ4n) is 1.47. The van der Waals surface area contributed by atoms with Crippen LogP contribution in [-0.2, 0) is 15.9 Å². The molecule has 1 aromatic carbocycles. The van der Waals surface area contributed by atoms with Gasteiger partial charge in [-0.1, -0.05) is 36.4 Å². The number of benzene rings is 1. The van der Waals surface area contributed by atoms with Crippen molar-refractivity contribution < 1.29 is 9.47 Å². The molecule has 0 N–H and O–H groups in total. The Labute approximate surface area is 97.9 Å². The smallest absolute Gasteiger partial charge is 0.176 e. The van der Waals surface area contributed by atoms with E-state index in [0.717, 1.165) is 12.8 Å². The summed E-state index contributed by atoms with van der Waals surface area (Å²) in [7, 11) is 1.65. The Hall–Kier alpha value is -1.12. The number of rotatable bonds is 7. The third kappa shape index (κ3) is 5.10. The minimum atomic E-state index is -0.208. The van der Waals surface area contributed by atoms with Crippen molar-refractivity contribution in [3.8, 4) is 0 Å². The molecule has 0 bridgehead atoms. The minimum absolute atomic E-state index is 0.208. The second-order valence-corrected chi connectivity index (χ2v) is 3.51. The largest absolute Gasteiger partial charge is 0.352 e. The maximum Gasteiger partial charge on any atom is 0.176 e. The Morgan fingerprint density at radius 3 is 2.62 bits per heavy atom. The molecule has 0 aliphatic heterocycles. The molecule has 1 unspecified atom stereocenters. The van der Waals surface area contributed by atoms with Crippen molar-refractivity contribution >= 4 is 0 Å². The van der Waals surface area contributed by atoms with Crippen LogP contribution in [0.4, 0.5) is 0 Å². The molecule has 0 fully saturated rings. The van der Waals surface area contributed by atoms with Gasteiger partial charge in [-0.3, -0.25) is 0 Å². The molecular weight excluding hydrogens is 200 g/mol. The number of ether oxygens (including phenoxy) is 2. The molecular formula is C14H20O2. The Morgan fingerprint density at radius 2 is 2.00 bits per heavy atom. The van der Waals surface area contributed by atoms with Crippen molar-refractivity contribution in [1.29, 1.82) is 0 Å². The quantitative estimate of drug-likeness (QED) is 0.519. The van der Waals surface area contributed by atoms with Crippen molar-refractivity contribution in [1.82, 2.24) is 0 Å². The molecule has 2 heteroatoms. The van der Waals surface area contributed by atoms with Crippen LogP contribution in [0.2, 0.25) is 0 Å². The number of methoxy groups -OCH3 is 1. The lowest BCUT2D eigenvalue weighted by atomic mass is 10.1. The Morgan fingerprint density at radius 1 is 1.25 bits per heavy atom. The van der Waals surface area contributed by atoms with Gasteiger partial charge in [0.15, 0.2) is 6.29 Å². The second kappa shape index (κ2) is 8.08. The summed E-state index contributed by atoms with van der Waals surface area (Å²) in [4.78, 5) is 0. The van der Waals surface area contributed by atoms with E-state index in [1.54, 1.807) is 7.11 Å². The normalized spacial score (nSPS) is 13.1. The SMILES string of the molecule is CCOC(/C=C/CCc1ccccc1)OC. The predicted octanol–water partition coefficient (Wildman–Crippen LogP) is 3.18. The maximum absolute atomic E-state index is 5.33. The summed E-state index contributed by atoms with van der Waals surface area (Å²) >= 11 is 0. The number of hydrogen-bond acceptors (Lipinski definition) is 2. The zero-order valence-corrected chi connectivity index (χ0v) is 10.1. The van der Waals surface area contributed by atoms with E-state index in [9.17, 15) is 0 Å². The van der Waals surface area contributed by atoms with Crippen LogP contribution in [0, 0.1) is 0 Å². The lowest BCUT2D eigenvalue weighted by Gasteiger charge is -2.09. The van der Waals surface area contributed by atoms with Crippen LogP contribution in [0.5, 0.6) is 0 Å². The Balaban J connectivity index is 2.26. The molecule has 2 nitrogen and oxygen atoms in total. The van der Waals surface area contributed by atoms with Gasteiger partial charge >= 0.3 is 0 Å². The summed E-state index contributed by atoms with van der Waals surface area (Å²) < 4.78 is 10.5. The van der Waals surface area contributed by atoms with Gasteiger partial charge in [-0.2, -0.15) is 0 Å². The van der Waals surface area contributed by atoms with Gasteiger partial charge < -0.3 is 9.47 Å². The van der Waals surface area contributed by atoms with Crippen LogP contribution in [0.25, 0.3) is 0 Å². The van der Waals surface area contributed by atoms with Crippen molar-refractivity contribution in [3.63, 3.8) is 0 Å². The van der Waals surface area contributed by atoms with Crippen LogP contribution in [0.15, 0.2) is 42.5 Å². The monoisotopic (exact) mass is 220 g/mol. The molecule has 0 spiro atoms. The van der Waals surface area contributed by atoms with Crippen LogP contribution < -0.4 is 0 Å². The zero-order chi connectivity index (χ0) is 11.6. The highest BCUT2D eigenvalue weighted by molar-refractivity contribution is 5.15. The summed E-state index contributed by atoms with van der Waals surface area (Å²) in [5.74, 6) is 0. The zero-order valence-electron chi connectivity index (χ0n) is 10.1. The van der Waals surface area contributed by atoms with Gasteiger partial charge in [-0.25, -0.2) is 0 Å². The minimum Gasteiger partial charge on any atom is -0.352 e. The number of allylic oxidation sites excluding steroid dienone is 1. The lowest BCUT2D eigenvalue weighted by molar-refractivity contribution is -0.0861. The summed E-state index contributed by atoms with van der Waals surface area (Å²) in [5.41, 5.74) is 1.36. The lowest BCUT2D eigenvalue weighted by Crippen LogP contribution is -2.11. The van der Waals surface area contributed by atoms with Gasteiger partial charge in [-0.15, -0.1) is 0 Å². The number of hydrogen-bond donors (Lipinski definition) is 0. The topological polar surface area (TPSA) is 18.5 Å². The number of aryl methyl sites for hydroxylation is 1. The fourth-order valence-corrected chi connectivity index (χ4v) is 1.47. The van der Waals surface area contributed by atoms with Gasteiger partial charge in [0, 0.05) is 13.7 Å². The second-order valence-electron chi connectivity index (χ2n) is 3.51. The van der Waals surface area contributed by atoms with E-state index in [1.807, 2.05) is 19.1 Å². The first-order valence-corrected chi connectivity index (χ1v) is 5.71. The molecule has 1 aromatic rings. The van der Waals surface area contributed by atoms with Gasteiger partial charge in [0.25, 0.3) is 0 Å². The molecule has 0 radical (unpaired) electrons. The predicted molar refractivity (Wildman–Crippen MR) is 66.3 cm³/mol. The molecule has 0 saturated heterocycles. The van der Waals surface area contributed by atoms with Crippen molar-refractivity contribution in [2.45, 2.75) is 26.1 Å². The van der Waals surface area contributed by atoms with Gasteiger partial charge in [0.2, 0.25) is 0 Å². The Bertz CT molecular complexity index is 293. The molecule has 0 heterocycles. The van der Waals surface area contributed by atoms with Crippen molar-refractivity contribution in [2.24, 2.45) is 0 Å². The molecule has 0 saturated carbocycles. The van der Waals surface area contributed by atoms with Gasteiger partial charge in [-0.05, 0) is 31.4 Å². The molecule has 1 atom stereocenters. The van der Waals surface area contributed by atoms with Crippen LogP contribution in [0.3, 0.4) is 0 Å². The molecule has 0 aromatic heterocycles.